The van der Waals surface area contributed by atoms with E-state index >= 15 is 0 Å². The molecule has 1 aromatic rings. The third-order valence-electron chi connectivity index (χ3n) is 4.14. The monoisotopic (exact) mass is 261 g/mol. The highest BCUT2D eigenvalue weighted by molar-refractivity contribution is 5.01. The van der Waals surface area contributed by atoms with E-state index in [-0.39, 0.29) is 5.54 Å². The first-order valence-electron chi connectivity index (χ1n) is 7.78. The van der Waals surface area contributed by atoms with Gasteiger partial charge in [0, 0.05) is 25.8 Å². The largest absolute Gasteiger partial charge is 0.297 e. The Morgan fingerprint density at radius 1 is 1.16 bits per heavy atom. The minimum absolute atomic E-state index is 0.0933. The van der Waals surface area contributed by atoms with Gasteiger partial charge in [-0.1, -0.05) is 0 Å². The van der Waals surface area contributed by atoms with Crippen LogP contribution < -0.4 is 0 Å². The van der Waals surface area contributed by atoms with E-state index in [2.05, 4.69) is 42.6 Å². The maximum absolute atomic E-state index is 4.75. The van der Waals surface area contributed by atoms with Gasteiger partial charge in [-0.3, -0.25) is 9.58 Å². The van der Waals surface area contributed by atoms with E-state index in [0.717, 1.165) is 18.4 Å². The summed E-state index contributed by atoms with van der Waals surface area (Å²) in [6.45, 7) is 10.2. The number of hydrogen-bond donors (Lipinski definition) is 0. The lowest BCUT2D eigenvalue weighted by Crippen LogP contribution is -2.28. The molecule has 3 heteroatoms. The number of rotatable bonds is 6. The molecular formula is C16H27N3. The molecule has 2 fully saturated rings. The minimum atomic E-state index is 0.0933. The van der Waals surface area contributed by atoms with Crippen LogP contribution in [0.2, 0.25) is 0 Å². The van der Waals surface area contributed by atoms with Crippen LogP contribution in [0.4, 0.5) is 0 Å². The Balaban J connectivity index is 1.61. The quantitative estimate of drug-likeness (QED) is 0.783. The molecule has 0 atom stereocenters. The van der Waals surface area contributed by atoms with Gasteiger partial charge in [-0.25, -0.2) is 0 Å². The van der Waals surface area contributed by atoms with Gasteiger partial charge in [-0.15, -0.1) is 0 Å². The van der Waals surface area contributed by atoms with E-state index in [1.54, 1.807) is 0 Å². The van der Waals surface area contributed by atoms with Crippen LogP contribution in [0.25, 0.3) is 0 Å². The number of hydrogen-bond acceptors (Lipinski definition) is 2. The molecule has 0 saturated heterocycles. The molecule has 2 saturated carbocycles. The molecular weight excluding hydrogens is 234 g/mol. The van der Waals surface area contributed by atoms with Crippen LogP contribution in [0.3, 0.4) is 0 Å². The smallest absolute Gasteiger partial charge is 0.0765 e. The Kier molecular flexibility index (Phi) is 3.42. The summed E-state index contributed by atoms with van der Waals surface area (Å²) in [5, 5.41) is 4.75. The fourth-order valence-corrected chi connectivity index (χ4v) is 2.58. The van der Waals surface area contributed by atoms with Gasteiger partial charge in [-0.2, -0.15) is 5.10 Å². The molecule has 0 aromatic carbocycles. The summed E-state index contributed by atoms with van der Waals surface area (Å²) >= 11 is 0. The van der Waals surface area contributed by atoms with Crippen molar-refractivity contribution in [2.24, 2.45) is 11.8 Å². The predicted octanol–water partition coefficient (Wildman–Crippen LogP) is 3.26. The zero-order valence-electron chi connectivity index (χ0n) is 12.6. The zero-order chi connectivity index (χ0) is 13.5. The maximum atomic E-state index is 4.75. The van der Waals surface area contributed by atoms with Crippen LogP contribution in [-0.2, 0) is 12.1 Å². The van der Waals surface area contributed by atoms with Crippen molar-refractivity contribution < 1.29 is 0 Å². The van der Waals surface area contributed by atoms with Crippen LogP contribution in [0.1, 0.15) is 52.1 Å². The molecule has 106 valence electrons. The van der Waals surface area contributed by atoms with Crippen molar-refractivity contribution in [3.63, 3.8) is 0 Å². The van der Waals surface area contributed by atoms with E-state index < -0.39 is 0 Å². The lowest BCUT2D eigenvalue weighted by Gasteiger charge is -2.22. The Morgan fingerprint density at radius 3 is 2.16 bits per heavy atom. The van der Waals surface area contributed by atoms with E-state index in [0.29, 0.717) is 0 Å². The highest BCUT2D eigenvalue weighted by Gasteiger charge is 2.29. The van der Waals surface area contributed by atoms with E-state index in [1.807, 2.05) is 0 Å². The molecule has 0 aliphatic heterocycles. The summed E-state index contributed by atoms with van der Waals surface area (Å²) in [6.07, 6.45) is 7.89. The standard InChI is InChI=1S/C16H27N3/c1-16(2,3)19-9-8-15(17-19)12-18(10-13-4-5-13)11-14-6-7-14/h8-9,13-14H,4-7,10-12H2,1-3H3. The molecule has 0 bridgehead atoms. The third kappa shape index (κ3) is 3.82. The predicted molar refractivity (Wildman–Crippen MR) is 77.9 cm³/mol. The van der Waals surface area contributed by atoms with E-state index in [9.17, 15) is 0 Å². The van der Waals surface area contributed by atoms with Crippen LogP contribution in [0.5, 0.6) is 0 Å². The van der Waals surface area contributed by atoms with Gasteiger partial charge in [0.1, 0.15) is 0 Å². The summed E-state index contributed by atoms with van der Waals surface area (Å²) < 4.78 is 2.09. The van der Waals surface area contributed by atoms with Crippen LogP contribution in [0, 0.1) is 11.8 Å². The van der Waals surface area contributed by atoms with Crippen LogP contribution in [-0.4, -0.2) is 27.8 Å². The van der Waals surface area contributed by atoms with Gasteiger partial charge < -0.3 is 0 Å². The molecule has 1 heterocycles. The second kappa shape index (κ2) is 4.93. The van der Waals surface area contributed by atoms with Crippen molar-refractivity contribution in [2.75, 3.05) is 13.1 Å². The van der Waals surface area contributed by atoms with Crippen molar-refractivity contribution in [2.45, 2.75) is 58.5 Å². The van der Waals surface area contributed by atoms with Crippen molar-refractivity contribution >= 4 is 0 Å². The van der Waals surface area contributed by atoms with Gasteiger partial charge in [0.15, 0.2) is 0 Å². The molecule has 3 nitrogen and oxygen atoms in total. The fraction of sp³-hybridized carbons (Fsp3) is 0.812. The van der Waals surface area contributed by atoms with Gasteiger partial charge in [0.05, 0.1) is 11.2 Å². The van der Waals surface area contributed by atoms with Crippen molar-refractivity contribution in [1.29, 1.82) is 0 Å². The first-order valence-corrected chi connectivity index (χ1v) is 7.78. The molecule has 0 spiro atoms. The summed E-state index contributed by atoms with van der Waals surface area (Å²) in [6, 6.07) is 2.19. The van der Waals surface area contributed by atoms with Crippen LogP contribution >= 0.6 is 0 Å². The summed E-state index contributed by atoms with van der Waals surface area (Å²) in [7, 11) is 0. The molecule has 0 N–H and O–H groups in total. The molecule has 2 aliphatic rings. The average molecular weight is 261 g/mol. The third-order valence-corrected chi connectivity index (χ3v) is 4.14. The van der Waals surface area contributed by atoms with E-state index in [1.165, 1.54) is 44.5 Å². The summed E-state index contributed by atoms with van der Waals surface area (Å²) in [5.41, 5.74) is 1.33. The highest BCUT2D eigenvalue weighted by Crippen LogP contribution is 2.34. The molecule has 2 aliphatic carbocycles. The van der Waals surface area contributed by atoms with Gasteiger partial charge >= 0.3 is 0 Å². The second-order valence-electron chi connectivity index (χ2n) is 7.50. The average Bonchev–Trinajstić information content (AvgIpc) is 3.21. The van der Waals surface area contributed by atoms with Crippen LogP contribution in [0.15, 0.2) is 12.3 Å². The number of aromatic nitrogens is 2. The summed E-state index contributed by atoms with van der Waals surface area (Å²) in [4.78, 5) is 2.64. The molecule has 0 radical (unpaired) electrons. The fourth-order valence-electron chi connectivity index (χ4n) is 2.58. The Bertz CT molecular complexity index is 407. The van der Waals surface area contributed by atoms with E-state index in [4.69, 9.17) is 5.10 Å². The normalized spacial score (nSPS) is 20.2. The maximum Gasteiger partial charge on any atom is 0.0765 e. The van der Waals surface area contributed by atoms with Crippen molar-refractivity contribution in [1.82, 2.24) is 14.7 Å². The first kappa shape index (κ1) is 13.2. The molecule has 1 aromatic heterocycles. The molecule has 0 amide bonds. The second-order valence-corrected chi connectivity index (χ2v) is 7.50. The molecule has 0 unspecified atom stereocenters. The van der Waals surface area contributed by atoms with Gasteiger partial charge in [-0.05, 0) is 64.4 Å². The van der Waals surface area contributed by atoms with Crippen molar-refractivity contribution in [3.05, 3.63) is 18.0 Å². The van der Waals surface area contributed by atoms with Gasteiger partial charge in [0.25, 0.3) is 0 Å². The topological polar surface area (TPSA) is 21.1 Å². The minimum Gasteiger partial charge on any atom is -0.297 e. The lowest BCUT2D eigenvalue weighted by atomic mass is 10.1. The highest BCUT2D eigenvalue weighted by atomic mass is 15.3. The number of nitrogens with zero attached hydrogens (tertiary/aromatic N) is 3. The summed E-state index contributed by atoms with van der Waals surface area (Å²) in [5.74, 6) is 1.95. The lowest BCUT2D eigenvalue weighted by molar-refractivity contribution is 0.239. The zero-order valence-corrected chi connectivity index (χ0v) is 12.6. The Hall–Kier alpha value is -0.830. The first-order chi connectivity index (χ1) is 9.00. The Morgan fingerprint density at radius 2 is 1.74 bits per heavy atom. The van der Waals surface area contributed by atoms with Gasteiger partial charge in [0.2, 0.25) is 0 Å². The molecule has 19 heavy (non-hydrogen) atoms. The SMILES string of the molecule is CC(C)(C)n1ccc(CN(CC2CC2)CC2CC2)n1. The van der Waals surface area contributed by atoms with Crippen molar-refractivity contribution in [3.8, 4) is 0 Å². The Labute approximate surface area is 117 Å². The molecule has 3 rings (SSSR count).